The van der Waals surface area contributed by atoms with E-state index in [9.17, 15) is 9.59 Å². The van der Waals surface area contributed by atoms with Gasteiger partial charge in [-0.1, -0.05) is 6.92 Å². The van der Waals surface area contributed by atoms with Crippen molar-refractivity contribution in [1.29, 1.82) is 0 Å². The van der Waals surface area contributed by atoms with Crippen molar-refractivity contribution in [3.05, 3.63) is 0 Å². The number of carbonyl (C=O) groups excluding carboxylic acids is 2. The van der Waals surface area contributed by atoms with E-state index in [2.05, 4.69) is 4.90 Å². The van der Waals surface area contributed by atoms with Crippen LogP contribution in [0.15, 0.2) is 0 Å². The molecule has 23 heavy (non-hydrogen) atoms. The highest BCUT2D eigenvalue weighted by molar-refractivity contribution is 5.76. The molecule has 5 nitrogen and oxygen atoms in total. The quantitative estimate of drug-likeness (QED) is 0.782. The van der Waals surface area contributed by atoms with Crippen LogP contribution in [0.2, 0.25) is 0 Å². The molecule has 2 saturated heterocycles. The van der Waals surface area contributed by atoms with Gasteiger partial charge in [0.2, 0.25) is 5.91 Å². The lowest BCUT2D eigenvalue weighted by Crippen LogP contribution is -2.53. The Morgan fingerprint density at radius 3 is 2.48 bits per heavy atom. The molecule has 0 aromatic carbocycles. The van der Waals surface area contributed by atoms with Crippen molar-refractivity contribution in [1.82, 2.24) is 9.80 Å². The third kappa shape index (κ3) is 4.85. The lowest BCUT2D eigenvalue weighted by atomic mass is 9.84. The fourth-order valence-corrected chi connectivity index (χ4v) is 3.78. The van der Waals surface area contributed by atoms with Gasteiger partial charge in [-0.05, 0) is 58.8 Å². The molecule has 5 heteroatoms. The maximum Gasteiger partial charge on any atom is 0.410 e. The number of ether oxygens (including phenoxy) is 1. The summed E-state index contributed by atoms with van der Waals surface area (Å²) >= 11 is 0. The number of rotatable bonds is 2. The smallest absolute Gasteiger partial charge is 0.410 e. The Labute approximate surface area is 140 Å². The summed E-state index contributed by atoms with van der Waals surface area (Å²) in [4.78, 5) is 28.5. The van der Waals surface area contributed by atoms with Crippen molar-refractivity contribution in [3.8, 4) is 0 Å². The van der Waals surface area contributed by atoms with E-state index in [1.807, 2.05) is 32.6 Å². The topological polar surface area (TPSA) is 49.9 Å². The summed E-state index contributed by atoms with van der Waals surface area (Å²) in [5, 5.41) is 0. The zero-order chi connectivity index (χ0) is 17.0. The standard InChI is InChI=1S/C18H32N2O3/c1-5-16(21)20-12-7-6-10-15(20)14-9-8-11-19(13-14)17(22)23-18(2,3)4/h14-15H,5-13H2,1-4H3/t14-,15-/m1/s1. The molecule has 0 spiro atoms. The summed E-state index contributed by atoms with van der Waals surface area (Å²) in [5.41, 5.74) is -0.459. The van der Waals surface area contributed by atoms with Gasteiger partial charge in [0.1, 0.15) is 5.60 Å². The van der Waals surface area contributed by atoms with Gasteiger partial charge in [0.25, 0.3) is 0 Å². The van der Waals surface area contributed by atoms with Crippen LogP contribution in [0.1, 0.15) is 66.2 Å². The highest BCUT2D eigenvalue weighted by Crippen LogP contribution is 2.30. The van der Waals surface area contributed by atoms with Gasteiger partial charge < -0.3 is 14.5 Å². The molecule has 0 N–H and O–H groups in total. The van der Waals surface area contributed by atoms with Crippen LogP contribution < -0.4 is 0 Å². The summed E-state index contributed by atoms with van der Waals surface area (Å²) in [6.45, 7) is 9.98. The number of hydrogen-bond acceptors (Lipinski definition) is 3. The molecule has 0 aliphatic carbocycles. The minimum Gasteiger partial charge on any atom is -0.444 e. The maximum atomic E-state index is 12.3. The third-order valence-corrected chi connectivity index (χ3v) is 4.83. The van der Waals surface area contributed by atoms with Crippen LogP contribution in [0.25, 0.3) is 0 Å². The van der Waals surface area contributed by atoms with Gasteiger partial charge in [0, 0.05) is 32.1 Å². The molecular formula is C18H32N2O3. The normalized spacial score (nSPS) is 26.1. The molecule has 2 amide bonds. The van der Waals surface area contributed by atoms with E-state index in [1.54, 1.807) is 0 Å². The van der Waals surface area contributed by atoms with Gasteiger partial charge in [0.15, 0.2) is 0 Å². The molecule has 132 valence electrons. The minimum atomic E-state index is -0.459. The van der Waals surface area contributed by atoms with Crippen LogP contribution in [0.3, 0.4) is 0 Å². The molecule has 0 radical (unpaired) electrons. The molecule has 0 aromatic heterocycles. The first-order valence-electron chi connectivity index (χ1n) is 9.09. The van der Waals surface area contributed by atoms with Crippen LogP contribution in [0.5, 0.6) is 0 Å². The molecule has 0 unspecified atom stereocenters. The summed E-state index contributed by atoms with van der Waals surface area (Å²) in [6, 6.07) is 0.293. The minimum absolute atomic E-state index is 0.216. The van der Waals surface area contributed by atoms with Crippen molar-refractivity contribution < 1.29 is 14.3 Å². The first-order chi connectivity index (χ1) is 10.8. The summed E-state index contributed by atoms with van der Waals surface area (Å²) in [6.07, 6.45) is 5.79. The first kappa shape index (κ1) is 18.1. The maximum absolute atomic E-state index is 12.3. The van der Waals surface area contributed by atoms with E-state index < -0.39 is 5.60 Å². The van der Waals surface area contributed by atoms with Gasteiger partial charge >= 0.3 is 6.09 Å². The molecule has 2 rings (SSSR count). The molecule has 2 fully saturated rings. The van der Waals surface area contributed by atoms with Crippen LogP contribution in [0, 0.1) is 5.92 Å². The zero-order valence-electron chi connectivity index (χ0n) is 15.1. The average Bonchev–Trinajstić information content (AvgIpc) is 2.52. The van der Waals surface area contributed by atoms with E-state index in [4.69, 9.17) is 4.74 Å². The Morgan fingerprint density at radius 2 is 1.83 bits per heavy atom. The average molecular weight is 324 g/mol. The Morgan fingerprint density at radius 1 is 1.09 bits per heavy atom. The van der Waals surface area contributed by atoms with Crippen LogP contribution in [-0.4, -0.2) is 53.1 Å². The number of piperidine rings is 2. The highest BCUT2D eigenvalue weighted by Gasteiger charge is 2.36. The van der Waals surface area contributed by atoms with Gasteiger partial charge in [-0.3, -0.25) is 4.79 Å². The molecule has 2 atom stereocenters. The van der Waals surface area contributed by atoms with E-state index in [-0.39, 0.29) is 12.0 Å². The summed E-state index contributed by atoms with van der Waals surface area (Å²) in [5.74, 6) is 0.635. The molecule has 0 aromatic rings. The fraction of sp³-hybridized carbons (Fsp3) is 0.889. The van der Waals surface area contributed by atoms with Crippen molar-refractivity contribution in [2.24, 2.45) is 5.92 Å². The van der Waals surface area contributed by atoms with Crippen LogP contribution in [0.4, 0.5) is 4.79 Å². The number of likely N-dealkylation sites (tertiary alicyclic amines) is 2. The second-order valence-electron chi connectivity index (χ2n) is 7.83. The lowest BCUT2D eigenvalue weighted by molar-refractivity contribution is -0.136. The molecule has 2 aliphatic heterocycles. The Kier molecular flexibility index (Phi) is 5.93. The molecular weight excluding hydrogens is 292 g/mol. The Hall–Kier alpha value is -1.26. The van der Waals surface area contributed by atoms with E-state index in [0.29, 0.717) is 24.9 Å². The predicted octanol–water partition coefficient (Wildman–Crippen LogP) is 3.42. The fourth-order valence-electron chi connectivity index (χ4n) is 3.78. The second kappa shape index (κ2) is 7.54. The Bertz CT molecular complexity index is 430. The lowest BCUT2D eigenvalue weighted by Gasteiger charge is -2.44. The predicted molar refractivity (Wildman–Crippen MR) is 90.2 cm³/mol. The number of nitrogens with zero attached hydrogens (tertiary/aromatic N) is 2. The van der Waals surface area contributed by atoms with Gasteiger partial charge in [0.05, 0.1) is 0 Å². The van der Waals surface area contributed by atoms with Gasteiger partial charge in [-0.2, -0.15) is 0 Å². The van der Waals surface area contributed by atoms with Crippen molar-refractivity contribution >= 4 is 12.0 Å². The van der Waals surface area contributed by atoms with Crippen molar-refractivity contribution in [2.45, 2.75) is 77.9 Å². The second-order valence-corrected chi connectivity index (χ2v) is 7.83. The van der Waals surface area contributed by atoms with E-state index in [0.717, 1.165) is 38.8 Å². The van der Waals surface area contributed by atoms with Crippen LogP contribution in [-0.2, 0) is 9.53 Å². The van der Waals surface area contributed by atoms with Gasteiger partial charge in [-0.15, -0.1) is 0 Å². The zero-order valence-corrected chi connectivity index (χ0v) is 15.1. The summed E-state index contributed by atoms with van der Waals surface area (Å²) < 4.78 is 5.51. The third-order valence-electron chi connectivity index (χ3n) is 4.83. The molecule has 2 aliphatic rings. The number of amides is 2. The first-order valence-corrected chi connectivity index (χ1v) is 9.09. The number of carbonyl (C=O) groups is 2. The van der Waals surface area contributed by atoms with E-state index >= 15 is 0 Å². The number of hydrogen-bond donors (Lipinski definition) is 0. The highest BCUT2D eigenvalue weighted by atomic mass is 16.6. The summed E-state index contributed by atoms with van der Waals surface area (Å²) in [7, 11) is 0. The molecule has 0 saturated carbocycles. The molecule has 0 bridgehead atoms. The monoisotopic (exact) mass is 324 g/mol. The van der Waals surface area contributed by atoms with Crippen LogP contribution >= 0.6 is 0 Å². The largest absolute Gasteiger partial charge is 0.444 e. The Balaban J connectivity index is 2.01. The van der Waals surface area contributed by atoms with Gasteiger partial charge in [-0.25, -0.2) is 4.79 Å². The van der Waals surface area contributed by atoms with Crippen molar-refractivity contribution in [3.63, 3.8) is 0 Å². The SMILES string of the molecule is CCC(=O)N1CCCC[C@@H]1[C@@H]1CCCN(C(=O)OC(C)(C)C)C1. The molecule has 2 heterocycles. The van der Waals surface area contributed by atoms with Crippen molar-refractivity contribution in [2.75, 3.05) is 19.6 Å². The van der Waals surface area contributed by atoms with E-state index in [1.165, 1.54) is 6.42 Å².